The zero-order chi connectivity index (χ0) is 25.4. The molecule has 0 unspecified atom stereocenters. The number of pyridine rings is 1. The van der Waals surface area contributed by atoms with Gasteiger partial charge in [0.15, 0.2) is 0 Å². The maximum Gasteiger partial charge on any atom is 0.417 e. The Morgan fingerprint density at radius 2 is 2.03 bits per heavy atom. The van der Waals surface area contributed by atoms with Crippen LogP contribution in [0.15, 0.2) is 54.9 Å². The van der Waals surface area contributed by atoms with E-state index in [4.69, 9.17) is 4.74 Å². The Labute approximate surface area is 206 Å². The number of aliphatic hydroxyl groups excluding tert-OH is 1. The lowest BCUT2D eigenvalue weighted by Gasteiger charge is -2.46. The van der Waals surface area contributed by atoms with Gasteiger partial charge in [-0.25, -0.2) is 0 Å². The molecule has 3 heterocycles. The number of amides is 1. The number of carbonyl (C=O) groups excluding carboxylic acids is 1. The maximum absolute atomic E-state index is 13.0. The van der Waals surface area contributed by atoms with E-state index in [0.717, 1.165) is 47.6 Å². The molecular formula is C27H26F3N3O3. The number of aryl methyl sites for hydroxylation is 1. The average Bonchev–Trinajstić information content (AvgIpc) is 2.88. The average molecular weight is 498 g/mol. The van der Waals surface area contributed by atoms with Gasteiger partial charge in [0.25, 0.3) is 5.91 Å². The SMILES string of the molecule is Cc1ccc(NC(=O)c2cncc(C(F)(F)F)c2)cc1-c1ccc2c(c1)N1CCOC[C@H]1[C@H](CO)C2. The number of aromatic nitrogens is 1. The molecule has 1 fully saturated rings. The molecule has 2 N–H and O–H groups in total. The van der Waals surface area contributed by atoms with Crippen LogP contribution in [-0.4, -0.2) is 48.4 Å². The second kappa shape index (κ2) is 9.55. The zero-order valence-corrected chi connectivity index (χ0v) is 19.7. The largest absolute Gasteiger partial charge is 0.417 e. The van der Waals surface area contributed by atoms with E-state index in [1.54, 1.807) is 6.07 Å². The molecule has 1 saturated heterocycles. The van der Waals surface area contributed by atoms with Gasteiger partial charge in [-0.3, -0.25) is 9.78 Å². The van der Waals surface area contributed by atoms with Gasteiger partial charge < -0.3 is 20.1 Å². The molecule has 1 amide bonds. The highest BCUT2D eigenvalue weighted by Crippen LogP contribution is 2.39. The summed E-state index contributed by atoms with van der Waals surface area (Å²) in [5.41, 5.74) is 4.50. The predicted octanol–water partition coefficient (Wildman–Crippen LogP) is 4.70. The molecule has 6 nitrogen and oxygen atoms in total. The van der Waals surface area contributed by atoms with Gasteiger partial charge in [-0.2, -0.15) is 13.2 Å². The van der Waals surface area contributed by atoms with Gasteiger partial charge in [0.1, 0.15) is 0 Å². The van der Waals surface area contributed by atoms with Crippen molar-refractivity contribution < 1.29 is 27.8 Å². The molecule has 0 spiro atoms. The Morgan fingerprint density at radius 1 is 1.19 bits per heavy atom. The van der Waals surface area contributed by atoms with Crippen molar-refractivity contribution in [3.63, 3.8) is 0 Å². The third-order valence-electron chi connectivity index (χ3n) is 6.96. The molecule has 36 heavy (non-hydrogen) atoms. The molecular weight excluding hydrogens is 471 g/mol. The topological polar surface area (TPSA) is 74.7 Å². The first-order valence-corrected chi connectivity index (χ1v) is 11.8. The third-order valence-corrected chi connectivity index (χ3v) is 6.96. The van der Waals surface area contributed by atoms with E-state index in [-0.39, 0.29) is 24.1 Å². The highest BCUT2D eigenvalue weighted by molar-refractivity contribution is 6.04. The maximum atomic E-state index is 13.0. The Balaban J connectivity index is 1.43. The molecule has 9 heteroatoms. The number of alkyl halides is 3. The summed E-state index contributed by atoms with van der Waals surface area (Å²) in [4.78, 5) is 18.6. The number of hydrogen-bond acceptors (Lipinski definition) is 5. The van der Waals surface area contributed by atoms with Crippen LogP contribution in [0.5, 0.6) is 0 Å². The van der Waals surface area contributed by atoms with Gasteiger partial charge in [0.05, 0.1) is 30.4 Å². The van der Waals surface area contributed by atoms with Gasteiger partial charge in [-0.05, 0) is 59.9 Å². The fraction of sp³-hybridized carbons (Fsp3) is 0.333. The second-order valence-corrected chi connectivity index (χ2v) is 9.27. The predicted molar refractivity (Wildman–Crippen MR) is 130 cm³/mol. The van der Waals surface area contributed by atoms with Crippen LogP contribution < -0.4 is 10.2 Å². The van der Waals surface area contributed by atoms with E-state index >= 15 is 0 Å². The number of rotatable bonds is 4. The summed E-state index contributed by atoms with van der Waals surface area (Å²) in [6.45, 7) is 4.03. The van der Waals surface area contributed by atoms with Crippen LogP contribution in [-0.2, 0) is 17.3 Å². The first-order chi connectivity index (χ1) is 17.2. The van der Waals surface area contributed by atoms with Crippen molar-refractivity contribution in [3.8, 4) is 11.1 Å². The number of hydrogen-bond donors (Lipinski definition) is 2. The van der Waals surface area contributed by atoms with Gasteiger partial charge in [-0.15, -0.1) is 0 Å². The van der Waals surface area contributed by atoms with Crippen LogP contribution in [0, 0.1) is 12.8 Å². The highest BCUT2D eigenvalue weighted by atomic mass is 19.4. The molecule has 0 bridgehead atoms. The van der Waals surface area contributed by atoms with Crippen LogP contribution in [0.2, 0.25) is 0 Å². The van der Waals surface area contributed by atoms with E-state index in [2.05, 4.69) is 27.3 Å². The van der Waals surface area contributed by atoms with Gasteiger partial charge >= 0.3 is 6.18 Å². The summed E-state index contributed by atoms with van der Waals surface area (Å²) in [7, 11) is 0. The van der Waals surface area contributed by atoms with Crippen LogP contribution in [0.25, 0.3) is 11.1 Å². The summed E-state index contributed by atoms with van der Waals surface area (Å²) in [6, 6.07) is 12.6. The lowest BCUT2D eigenvalue weighted by atomic mass is 9.84. The van der Waals surface area contributed by atoms with Gasteiger partial charge in [0.2, 0.25) is 0 Å². The van der Waals surface area contributed by atoms with Crippen molar-refractivity contribution in [2.45, 2.75) is 25.6 Å². The summed E-state index contributed by atoms with van der Waals surface area (Å²) in [5, 5.41) is 12.6. The first-order valence-electron chi connectivity index (χ1n) is 11.8. The quantitative estimate of drug-likeness (QED) is 0.547. The van der Waals surface area contributed by atoms with E-state index in [9.17, 15) is 23.1 Å². The Bertz CT molecular complexity index is 1290. The van der Waals surface area contributed by atoms with Crippen molar-refractivity contribution in [2.24, 2.45) is 5.92 Å². The number of nitrogens with one attached hydrogen (secondary N) is 1. The van der Waals surface area contributed by atoms with Crippen LogP contribution in [0.3, 0.4) is 0 Å². The smallest absolute Gasteiger partial charge is 0.396 e. The number of halogens is 3. The molecule has 188 valence electrons. The van der Waals surface area contributed by atoms with Crippen molar-refractivity contribution in [1.82, 2.24) is 4.98 Å². The fourth-order valence-corrected chi connectivity index (χ4v) is 5.02. The molecule has 0 saturated carbocycles. The number of morpholine rings is 1. The summed E-state index contributed by atoms with van der Waals surface area (Å²) in [5.74, 6) is -0.547. The number of nitrogens with zero attached hydrogens (tertiary/aromatic N) is 2. The third kappa shape index (κ3) is 4.68. The number of anilines is 2. The molecule has 2 atom stereocenters. The minimum absolute atomic E-state index is 0.105. The Kier molecular flexibility index (Phi) is 6.44. The standard InChI is InChI=1S/C27H26F3N3O3/c1-16-2-5-22(32-26(35)19-9-21(13-31-12-19)27(28,29)30)11-23(16)17-3-4-18-8-20(14-34)25-15-36-7-6-33(25)24(18)10-17/h2-5,9-13,20,25,34H,6-8,14-15H2,1H3,(H,32,35)/t20-,25-/m0/s1. The first kappa shape index (κ1) is 24.3. The molecule has 1 aromatic heterocycles. The number of carbonyl (C=O) groups is 1. The number of benzene rings is 2. The minimum Gasteiger partial charge on any atom is -0.396 e. The highest BCUT2D eigenvalue weighted by Gasteiger charge is 2.36. The Hall–Kier alpha value is -3.43. The van der Waals surface area contributed by atoms with Crippen molar-refractivity contribution in [2.75, 3.05) is 36.6 Å². The molecule has 2 aliphatic rings. The molecule has 5 rings (SSSR count). The Morgan fingerprint density at radius 3 is 2.81 bits per heavy atom. The van der Waals surface area contributed by atoms with E-state index in [0.29, 0.717) is 25.1 Å². The molecule has 0 radical (unpaired) electrons. The minimum atomic E-state index is -4.58. The van der Waals surface area contributed by atoms with Crippen LogP contribution in [0.4, 0.5) is 24.5 Å². The lowest BCUT2D eigenvalue weighted by molar-refractivity contribution is -0.137. The van der Waals surface area contributed by atoms with Crippen molar-refractivity contribution in [1.29, 1.82) is 0 Å². The fourth-order valence-electron chi connectivity index (χ4n) is 5.02. The number of ether oxygens (including phenoxy) is 1. The lowest BCUT2D eigenvalue weighted by Crippen LogP contribution is -2.53. The van der Waals surface area contributed by atoms with E-state index < -0.39 is 17.6 Å². The monoisotopic (exact) mass is 497 g/mol. The molecule has 0 aliphatic carbocycles. The molecule has 2 aromatic carbocycles. The number of aliphatic hydroxyl groups is 1. The van der Waals surface area contributed by atoms with E-state index in [1.807, 2.05) is 25.1 Å². The second-order valence-electron chi connectivity index (χ2n) is 9.27. The van der Waals surface area contributed by atoms with E-state index in [1.165, 1.54) is 5.56 Å². The van der Waals surface area contributed by atoms with Gasteiger partial charge in [0, 0.05) is 42.8 Å². The van der Waals surface area contributed by atoms with Crippen LogP contribution in [0.1, 0.15) is 27.0 Å². The molecule has 2 aliphatic heterocycles. The van der Waals surface area contributed by atoms with Gasteiger partial charge in [-0.1, -0.05) is 18.2 Å². The van der Waals surface area contributed by atoms with Crippen molar-refractivity contribution in [3.05, 3.63) is 77.1 Å². The zero-order valence-electron chi connectivity index (χ0n) is 19.7. The summed E-state index contributed by atoms with van der Waals surface area (Å²) in [6.07, 6.45) is -2.00. The number of fused-ring (bicyclic) bond motifs is 3. The van der Waals surface area contributed by atoms with Crippen LogP contribution >= 0.6 is 0 Å². The molecule has 3 aromatic rings. The normalized spacial score (nSPS) is 19.4. The van der Waals surface area contributed by atoms with Crippen molar-refractivity contribution >= 4 is 17.3 Å². The summed E-state index contributed by atoms with van der Waals surface area (Å²) >= 11 is 0. The summed E-state index contributed by atoms with van der Waals surface area (Å²) < 4.78 is 44.7.